The summed E-state index contributed by atoms with van der Waals surface area (Å²) >= 11 is 3.52. The van der Waals surface area contributed by atoms with E-state index in [0.29, 0.717) is 32.1 Å². The lowest BCUT2D eigenvalue weighted by molar-refractivity contribution is 0.443. The van der Waals surface area contributed by atoms with Crippen LogP contribution in [0, 0.1) is 6.92 Å². The number of rotatable bonds is 8. The Morgan fingerprint density at radius 3 is 2.70 bits per heavy atom. The van der Waals surface area contributed by atoms with E-state index < -0.39 is 10.0 Å². The van der Waals surface area contributed by atoms with Crippen LogP contribution in [0.15, 0.2) is 28.1 Å². The number of nitrogens with zero attached hydrogens (tertiary/aromatic N) is 2. The lowest BCUT2D eigenvalue weighted by atomic mass is 10.1. The largest absolute Gasteiger partial charge is 0.357 e. The first-order valence-electron chi connectivity index (χ1n) is 9.17. The third-order valence-electron chi connectivity index (χ3n) is 4.21. The molecule has 0 spiro atoms. The van der Waals surface area contributed by atoms with Crippen molar-refractivity contribution in [2.24, 2.45) is 4.99 Å². The molecule has 9 heteroatoms. The molecule has 0 bridgehead atoms. The summed E-state index contributed by atoms with van der Waals surface area (Å²) in [5.41, 5.74) is 2.40. The molecule has 0 saturated carbocycles. The van der Waals surface area contributed by atoms with Gasteiger partial charge < -0.3 is 10.6 Å². The summed E-state index contributed by atoms with van der Waals surface area (Å²) in [6, 6.07) is 6.36. The molecule has 2 N–H and O–H groups in total. The number of aryl methyl sites for hydroxylation is 1. The summed E-state index contributed by atoms with van der Waals surface area (Å²) < 4.78 is 26.5. The van der Waals surface area contributed by atoms with Gasteiger partial charge in [0.05, 0.1) is 12.3 Å². The van der Waals surface area contributed by atoms with E-state index in [2.05, 4.69) is 47.0 Å². The number of nitrogens with one attached hydrogen (secondary N) is 2. The molecule has 6 nitrogen and oxygen atoms in total. The molecule has 1 aromatic rings. The number of benzene rings is 1. The van der Waals surface area contributed by atoms with Gasteiger partial charge in [-0.1, -0.05) is 12.1 Å². The van der Waals surface area contributed by atoms with E-state index in [-0.39, 0.29) is 5.75 Å². The Kier molecular flexibility index (Phi) is 9.28. The third-order valence-corrected chi connectivity index (χ3v) is 7.84. The standard InChI is InChI=1S/C18H30N4O2S3/c1-4-19-18(21-14-16-6-5-15(2)13-17(16)25-3)20-7-12-27(23,24)22-8-10-26-11-9-22/h5-6,13H,4,7-12,14H2,1-3H3,(H2,19,20,21). The first-order chi connectivity index (χ1) is 13.0. The van der Waals surface area contributed by atoms with Crippen molar-refractivity contribution in [1.82, 2.24) is 14.9 Å². The number of hydrogen-bond acceptors (Lipinski definition) is 5. The minimum atomic E-state index is -3.21. The van der Waals surface area contributed by atoms with Crippen molar-refractivity contribution in [3.63, 3.8) is 0 Å². The fourth-order valence-electron chi connectivity index (χ4n) is 2.74. The van der Waals surface area contributed by atoms with Gasteiger partial charge in [-0.15, -0.1) is 11.8 Å². The van der Waals surface area contributed by atoms with Gasteiger partial charge in [0.25, 0.3) is 0 Å². The zero-order chi connectivity index (χ0) is 19.7. The smallest absolute Gasteiger partial charge is 0.215 e. The number of sulfonamides is 1. The van der Waals surface area contributed by atoms with E-state index in [1.165, 1.54) is 16.0 Å². The predicted molar refractivity (Wildman–Crippen MR) is 118 cm³/mol. The molecule has 1 aliphatic rings. The minimum absolute atomic E-state index is 0.0860. The van der Waals surface area contributed by atoms with Crippen LogP contribution >= 0.6 is 23.5 Å². The molecular weight excluding hydrogens is 400 g/mol. The van der Waals surface area contributed by atoms with Crippen LogP contribution in [0.3, 0.4) is 0 Å². The van der Waals surface area contributed by atoms with Crippen LogP contribution < -0.4 is 10.6 Å². The number of hydrogen-bond donors (Lipinski definition) is 2. The summed E-state index contributed by atoms with van der Waals surface area (Å²) in [4.78, 5) is 5.85. The number of guanidine groups is 1. The van der Waals surface area contributed by atoms with Crippen LogP contribution in [0.4, 0.5) is 0 Å². The van der Waals surface area contributed by atoms with Crippen LogP contribution in [0.1, 0.15) is 18.1 Å². The van der Waals surface area contributed by atoms with Gasteiger partial charge in [-0.2, -0.15) is 11.8 Å². The second-order valence-corrected chi connectivity index (χ2v) is 10.4. The average molecular weight is 431 g/mol. The van der Waals surface area contributed by atoms with Crippen molar-refractivity contribution in [2.45, 2.75) is 25.3 Å². The monoisotopic (exact) mass is 430 g/mol. The van der Waals surface area contributed by atoms with Crippen LogP contribution in [-0.2, 0) is 16.6 Å². The zero-order valence-corrected chi connectivity index (χ0v) is 18.8. The summed E-state index contributed by atoms with van der Waals surface area (Å²) in [7, 11) is -3.21. The van der Waals surface area contributed by atoms with E-state index in [4.69, 9.17) is 0 Å². The quantitative estimate of drug-likeness (QED) is 0.374. The number of thioether (sulfide) groups is 2. The molecule has 1 aliphatic heterocycles. The third kappa shape index (κ3) is 7.21. The van der Waals surface area contributed by atoms with Gasteiger partial charge in [-0.05, 0) is 37.3 Å². The van der Waals surface area contributed by atoms with Crippen molar-refractivity contribution in [1.29, 1.82) is 0 Å². The SMILES string of the molecule is CCNC(=NCc1ccc(C)cc1SC)NCCS(=O)(=O)N1CCSCC1. The summed E-state index contributed by atoms with van der Waals surface area (Å²) in [6.07, 6.45) is 2.06. The number of aliphatic imine (C=N–C) groups is 1. The van der Waals surface area contributed by atoms with Crippen LogP contribution in [-0.4, -0.2) is 68.4 Å². The molecule has 0 radical (unpaired) electrons. The van der Waals surface area contributed by atoms with Crippen molar-refractivity contribution in [3.8, 4) is 0 Å². The Bertz CT molecular complexity index is 732. The summed E-state index contributed by atoms with van der Waals surface area (Å²) in [5, 5.41) is 6.34. The normalized spacial score (nSPS) is 16.3. The van der Waals surface area contributed by atoms with E-state index in [0.717, 1.165) is 18.1 Å². The highest BCUT2D eigenvalue weighted by atomic mass is 32.2. The maximum Gasteiger partial charge on any atom is 0.215 e. The van der Waals surface area contributed by atoms with Gasteiger partial charge in [0, 0.05) is 42.6 Å². The molecule has 0 aliphatic carbocycles. The highest BCUT2D eigenvalue weighted by molar-refractivity contribution is 7.99. The average Bonchev–Trinajstić information content (AvgIpc) is 2.67. The Morgan fingerprint density at radius 2 is 2.04 bits per heavy atom. The molecule has 1 fully saturated rings. The van der Waals surface area contributed by atoms with Gasteiger partial charge in [-0.25, -0.2) is 17.7 Å². The molecule has 1 aromatic carbocycles. The van der Waals surface area contributed by atoms with E-state index in [1.54, 1.807) is 27.8 Å². The zero-order valence-electron chi connectivity index (χ0n) is 16.3. The van der Waals surface area contributed by atoms with E-state index in [9.17, 15) is 8.42 Å². The topological polar surface area (TPSA) is 73.8 Å². The van der Waals surface area contributed by atoms with Crippen molar-refractivity contribution in [3.05, 3.63) is 29.3 Å². The van der Waals surface area contributed by atoms with Gasteiger partial charge in [0.15, 0.2) is 5.96 Å². The first-order valence-corrected chi connectivity index (χ1v) is 13.2. The van der Waals surface area contributed by atoms with Gasteiger partial charge in [0.2, 0.25) is 10.0 Å². The Morgan fingerprint density at radius 1 is 1.30 bits per heavy atom. The van der Waals surface area contributed by atoms with Crippen LogP contribution in [0.5, 0.6) is 0 Å². The minimum Gasteiger partial charge on any atom is -0.357 e. The Labute approximate surface area is 172 Å². The molecule has 0 amide bonds. The van der Waals surface area contributed by atoms with Crippen LogP contribution in [0.25, 0.3) is 0 Å². The van der Waals surface area contributed by atoms with Crippen LogP contribution in [0.2, 0.25) is 0 Å². The van der Waals surface area contributed by atoms with E-state index in [1.807, 2.05) is 6.92 Å². The fraction of sp³-hybridized carbons (Fsp3) is 0.611. The molecule has 1 heterocycles. The first kappa shape index (κ1) is 22.4. The second-order valence-electron chi connectivity index (χ2n) is 6.26. The maximum atomic E-state index is 12.4. The van der Waals surface area contributed by atoms with Gasteiger partial charge in [-0.3, -0.25) is 0 Å². The lowest BCUT2D eigenvalue weighted by Crippen LogP contribution is -2.44. The molecule has 0 aromatic heterocycles. The predicted octanol–water partition coefficient (Wildman–Crippen LogP) is 2.15. The fourth-order valence-corrected chi connectivity index (χ4v) is 5.93. The van der Waals surface area contributed by atoms with Crippen molar-refractivity contribution >= 4 is 39.5 Å². The van der Waals surface area contributed by atoms with E-state index >= 15 is 0 Å². The molecule has 27 heavy (non-hydrogen) atoms. The molecule has 0 atom stereocenters. The van der Waals surface area contributed by atoms with Gasteiger partial charge in [0.1, 0.15) is 0 Å². The second kappa shape index (κ2) is 11.2. The van der Waals surface area contributed by atoms with Crippen molar-refractivity contribution in [2.75, 3.05) is 49.7 Å². The van der Waals surface area contributed by atoms with Gasteiger partial charge >= 0.3 is 0 Å². The Balaban J connectivity index is 1.93. The highest BCUT2D eigenvalue weighted by Gasteiger charge is 2.23. The molecule has 1 saturated heterocycles. The molecule has 152 valence electrons. The summed E-state index contributed by atoms with van der Waals surface area (Å²) in [6.45, 7) is 6.95. The molecule has 0 unspecified atom stereocenters. The van der Waals surface area contributed by atoms with Crippen molar-refractivity contribution < 1.29 is 8.42 Å². The summed E-state index contributed by atoms with van der Waals surface area (Å²) in [5.74, 6) is 2.49. The lowest BCUT2D eigenvalue weighted by Gasteiger charge is -2.25. The highest BCUT2D eigenvalue weighted by Crippen LogP contribution is 2.22. The Hall–Kier alpha value is -0.900. The maximum absolute atomic E-state index is 12.4. The molecule has 2 rings (SSSR count). The molecular formula is C18H30N4O2S3.